The fraction of sp³-hybridized carbons (Fsp3) is 0.500. The van der Waals surface area contributed by atoms with E-state index in [0.29, 0.717) is 47.2 Å². The summed E-state index contributed by atoms with van der Waals surface area (Å²) in [5.74, 6) is 0.418. The van der Waals surface area contributed by atoms with Crippen LogP contribution >= 0.6 is 0 Å². The highest BCUT2D eigenvalue weighted by molar-refractivity contribution is 6.74. The molecule has 8 nitrogen and oxygen atoms in total. The Labute approximate surface area is 275 Å². The summed E-state index contributed by atoms with van der Waals surface area (Å²) >= 11 is 0. The molecule has 0 unspecified atom stereocenters. The lowest BCUT2D eigenvalue weighted by molar-refractivity contribution is 0.0943. The number of amides is 1. The number of rotatable bonds is 11. The first-order valence-corrected chi connectivity index (χ1v) is 19.2. The Hall–Kier alpha value is -3.81. The van der Waals surface area contributed by atoms with Crippen molar-refractivity contribution in [2.45, 2.75) is 97.6 Å². The number of hydrogen-bond acceptors (Lipinski definition) is 7. The molecule has 1 atom stereocenters. The molecule has 0 saturated carbocycles. The SMILES string of the molecule is Cc1ncnc(C)c1C(=O)NCC[C@@H](C)N1CCC(N(Cc2cc(C#N)ccc2F)c2ccc(O[Si](C)(C)C(C)(C)C)cc2)CC1. The van der Waals surface area contributed by atoms with Crippen LogP contribution < -0.4 is 14.6 Å². The van der Waals surface area contributed by atoms with Gasteiger partial charge in [-0.1, -0.05) is 20.8 Å². The standard InChI is InChI=1S/C36H49FN6O2Si/c1-25(15-18-39-35(44)34-26(2)40-24-41-27(34)3)42-19-16-31(17-20-42)43(23-29-21-28(22-38)9-14-33(29)37)30-10-12-32(13-11-30)45-46(7,8)36(4,5)6/h9-14,21,24-25,31H,15-20,23H2,1-8H3,(H,39,44)/t25-/m1/s1. The lowest BCUT2D eigenvalue weighted by Crippen LogP contribution is -2.48. The van der Waals surface area contributed by atoms with Gasteiger partial charge in [0.05, 0.1) is 28.6 Å². The molecule has 1 saturated heterocycles. The summed E-state index contributed by atoms with van der Waals surface area (Å²) in [6, 6.07) is 15.4. The number of aromatic nitrogens is 2. The topological polar surface area (TPSA) is 94.4 Å². The number of piperidine rings is 1. The van der Waals surface area contributed by atoms with Crippen molar-refractivity contribution < 1.29 is 13.6 Å². The first-order valence-electron chi connectivity index (χ1n) is 16.2. The average Bonchev–Trinajstić information content (AvgIpc) is 3.00. The molecule has 1 aromatic heterocycles. The number of nitrogens with one attached hydrogen (secondary N) is 1. The molecule has 1 aliphatic rings. The van der Waals surface area contributed by atoms with Crippen molar-refractivity contribution in [3.05, 3.63) is 82.7 Å². The fourth-order valence-electron chi connectivity index (χ4n) is 5.76. The van der Waals surface area contributed by atoms with E-state index in [4.69, 9.17) is 4.43 Å². The van der Waals surface area contributed by atoms with Crippen LogP contribution in [-0.2, 0) is 6.54 Å². The lowest BCUT2D eigenvalue weighted by Gasteiger charge is -2.42. The summed E-state index contributed by atoms with van der Waals surface area (Å²) in [4.78, 5) is 25.9. The number of nitrogens with zero attached hydrogens (tertiary/aromatic N) is 5. The van der Waals surface area contributed by atoms with Gasteiger partial charge < -0.3 is 19.5 Å². The van der Waals surface area contributed by atoms with Crippen molar-refractivity contribution in [3.63, 3.8) is 0 Å². The number of benzene rings is 2. The number of carbonyl (C=O) groups is 1. The second-order valence-corrected chi connectivity index (χ2v) is 18.7. The number of likely N-dealkylation sites (tertiary alicyclic amines) is 1. The maximum Gasteiger partial charge on any atom is 0.254 e. The van der Waals surface area contributed by atoms with Gasteiger partial charge in [0.25, 0.3) is 5.91 Å². The van der Waals surface area contributed by atoms with Crippen molar-refractivity contribution in [2.24, 2.45) is 0 Å². The summed E-state index contributed by atoms with van der Waals surface area (Å²) in [5, 5.41) is 12.6. The van der Waals surface area contributed by atoms with Gasteiger partial charge in [-0.25, -0.2) is 14.4 Å². The summed E-state index contributed by atoms with van der Waals surface area (Å²) < 4.78 is 21.5. The van der Waals surface area contributed by atoms with Gasteiger partial charge in [-0.2, -0.15) is 5.26 Å². The highest BCUT2D eigenvalue weighted by Gasteiger charge is 2.39. The van der Waals surface area contributed by atoms with Crippen LogP contribution in [0.1, 0.15) is 79.8 Å². The summed E-state index contributed by atoms with van der Waals surface area (Å²) in [6.07, 6.45) is 4.14. The molecule has 0 spiro atoms. The van der Waals surface area contributed by atoms with E-state index in [1.807, 2.05) is 26.0 Å². The molecule has 1 N–H and O–H groups in total. The molecule has 1 fully saturated rings. The molecular formula is C36H49FN6O2Si. The van der Waals surface area contributed by atoms with E-state index in [1.165, 1.54) is 18.5 Å². The highest BCUT2D eigenvalue weighted by atomic mass is 28.4. The zero-order valence-electron chi connectivity index (χ0n) is 28.7. The maximum absolute atomic E-state index is 15.0. The fourth-order valence-corrected chi connectivity index (χ4v) is 6.79. The maximum atomic E-state index is 15.0. The second kappa shape index (κ2) is 14.7. The third kappa shape index (κ3) is 8.50. The molecule has 246 valence electrons. The summed E-state index contributed by atoms with van der Waals surface area (Å²) in [7, 11) is -1.99. The zero-order valence-corrected chi connectivity index (χ0v) is 29.7. The van der Waals surface area contributed by atoms with Crippen LogP contribution in [-0.4, -0.2) is 60.8 Å². The van der Waals surface area contributed by atoms with E-state index in [1.54, 1.807) is 6.07 Å². The van der Waals surface area contributed by atoms with Gasteiger partial charge >= 0.3 is 0 Å². The molecule has 2 heterocycles. The largest absolute Gasteiger partial charge is 0.544 e. The predicted molar refractivity (Wildman–Crippen MR) is 184 cm³/mol. The molecule has 46 heavy (non-hydrogen) atoms. The Balaban J connectivity index is 1.43. The smallest absolute Gasteiger partial charge is 0.254 e. The molecule has 4 rings (SSSR count). The third-order valence-electron chi connectivity index (χ3n) is 9.73. The van der Waals surface area contributed by atoms with Crippen LogP contribution in [0, 0.1) is 31.0 Å². The van der Waals surface area contributed by atoms with E-state index in [2.05, 4.69) is 84.1 Å². The van der Waals surface area contributed by atoms with Crippen LogP contribution in [0.5, 0.6) is 5.75 Å². The summed E-state index contributed by atoms with van der Waals surface area (Å²) in [6.45, 7) is 19.7. The van der Waals surface area contributed by atoms with Crippen molar-refractivity contribution >= 4 is 19.9 Å². The molecule has 3 aromatic rings. The Bertz CT molecular complexity index is 1520. The van der Waals surface area contributed by atoms with Crippen LogP contribution in [0.15, 0.2) is 48.8 Å². The number of hydrogen-bond donors (Lipinski definition) is 1. The minimum absolute atomic E-state index is 0.0899. The van der Waals surface area contributed by atoms with Crippen molar-refractivity contribution in [1.29, 1.82) is 5.26 Å². The Kier molecular flexibility index (Phi) is 11.2. The Morgan fingerprint density at radius 2 is 1.76 bits per heavy atom. The number of aryl methyl sites for hydroxylation is 2. The molecule has 10 heteroatoms. The normalized spacial score (nSPS) is 15.2. The van der Waals surface area contributed by atoms with Crippen molar-refractivity contribution in [2.75, 3.05) is 24.5 Å². The molecule has 0 radical (unpaired) electrons. The van der Waals surface area contributed by atoms with Crippen LogP contribution in [0.3, 0.4) is 0 Å². The van der Waals surface area contributed by atoms with Gasteiger partial charge in [-0.3, -0.25) is 4.79 Å². The quantitative estimate of drug-likeness (QED) is 0.221. The molecule has 1 aliphatic heterocycles. The first kappa shape index (κ1) is 35.0. The van der Waals surface area contributed by atoms with E-state index in [-0.39, 0.29) is 22.8 Å². The monoisotopic (exact) mass is 644 g/mol. The van der Waals surface area contributed by atoms with Crippen LogP contribution in [0.2, 0.25) is 18.1 Å². The lowest BCUT2D eigenvalue weighted by atomic mass is 9.99. The van der Waals surface area contributed by atoms with Gasteiger partial charge in [-0.05, 0) is 101 Å². The third-order valence-corrected chi connectivity index (χ3v) is 14.1. The van der Waals surface area contributed by atoms with Gasteiger partial charge in [-0.15, -0.1) is 0 Å². The van der Waals surface area contributed by atoms with E-state index in [9.17, 15) is 10.1 Å². The van der Waals surface area contributed by atoms with Gasteiger partial charge in [0.15, 0.2) is 0 Å². The van der Waals surface area contributed by atoms with Crippen molar-refractivity contribution in [1.82, 2.24) is 20.2 Å². The van der Waals surface area contributed by atoms with Crippen molar-refractivity contribution in [3.8, 4) is 11.8 Å². The minimum Gasteiger partial charge on any atom is -0.544 e. The van der Waals surface area contributed by atoms with Gasteiger partial charge in [0.2, 0.25) is 8.32 Å². The van der Waals surface area contributed by atoms with E-state index >= 15 is 4.39 Å². The predicted octanol–water partition coefficient (Wildman–Crippen LogP) is 7.17. The van der Waals surface area contributed by atoms with Gasteiger partial charge in [0, 0.05) is 49.5 Å². The number of nitriles is 1. The molecule has 2 aromatic carbocycles. The number of anilines is 1. The first-order chi connectivity index (χ1) is 21.7. The number of carbonyl (C=O) groups excluding carboxylic acids is 1. The Morgan fingerprint density at radius 3 is 2.35 bits per heavy atom. The van der Waals surface area contributed by atoms with Gasteiger partial charge in [0.1, 0.15) is 17.9 Å². The molecule has 0 aliphatic carbocycles. The van der Waals surface area contributed by atoms with E-state index in [0.717, 1.165) is 43.8 Å². The summed E-state index contributed by atoms with van der Waals surface area (Å²) in [5.41, 5.74) is 3.89. The highest BCUT2D eigenvalue weighted by Crippen LogP contribution is 2.38. The second-order valence-electron chi connectivity index (χ2n) is 14.0. The number of halogens is 1. The molecule has 1 amide bonds. The molecular weight excluding hydrogens is 596 g/mol. The van der Waals surface area contributed by atoms with Crippen LogP contribution in [0.4, 0.5) is 10.1 Å². The Morgan fingerprint density at radius 1 is 1.13 bits per heavy atom. The minimum atomic E-state index is -1.99. The average molecular weight is 645 g/mol. The molecule has 0 bridgehead atoms. The zero-order chi connectivity index (χ0) is 33.6. The van der Waals surface area contributed by atoms with Crippen LogP contribution in [0.25, 0.3) is 0 Å². The van der Waals surface area contributed by atoms with E-state index < -0.39 is 8.32 Å².